The van der Waals surface area contributed by atoms with Gasteiger partial charge < -0.3 is 24.4 Å². The number of hydrogen-bond acceptors (Lipinski definition) is 8. The molecule has 2 N–H and O–H groups in total. The van der Waals surface area contributed by atoms with E-state index >= 15 is 0 Å². The van der Waals surface area contributed by atoms with E-state index in [9.17, 15) is 19.2 Å². The average Bonchev–Trinajstić information content (AvgIpc) is 2.85. The first kappa shape index (κ1) is 32.1. The minimum Gasteiger partial charge on any atom is -0.478 e. The topological polar surface area (TPSA) is 136 Å². The number of unbranched alkanes of at least 4 members (excludes halogenated alkanes) is 4. The normalized spacial score (nSPS) is 10.0. The fourth-order valence-corrected chi connectivity index (χ4v) is 2.65. The molecule has 0 aliphatic heterocycles. The first-order chi connectivity index (χ1) is 16.9. The van der Waals surface area contributed by atoms with Crippen molar-refractivity contribution in [2.24, 2.45) is 0 Å². The molecule has 9 heteroatoms. The molecule has 0 unspecified atom stereocenters. The predicted octanol–water partition coefficient (Wildman–Crippen LogP) is 4.55. The smallest absolute Gasteiger partial charge is 0.339 e. The molecule has 1 aromatic carbocycles. The molecule has 198 valence electrons. The van der Waals surface area contributed by atoms with Gasteiger partial charge in [-0.3, -0.25) is 9.59 Å². The lowest BCUT2D eigenvalue weighted by Crippen LogP contribution is -2.12. The highest BCUT2D eigenvalue weighted by molar-refractivity contribution is 6.02. The van der Waals surface area contributed by atoms with Crippen LogP contribution in [0.2, 0.25) is 0 Å². The van der Waals surface area contributed by atoms with Crippen LogP contribution in [0.15, 0.2) is 24.3 Å². The van der Waals surface area contributed by atoms with Gasteiger partial charge in [0.25, 0.3) is 0 Å². The Hall–Kier alpha value is -2.94. The summed E-state index contributed by atoms with van der Waals surface area (Å²) in [5, 5.41) is 17.4. The van der Waals surface area contributed by atoms with E-state index in [1.165, 1.54) is 12.1 Å². The van der Waals surface area contributed by atoms with Crippen LogP contribution in [0.25, 0.3) is 0 Å². The van der Waals surface area contributed by atoms with Gasteiger partial charge in [0.2, 0.25) is 0 Å². The highest BCUT2D eigenvalue weighted by Gasteiger charge is 2.16. The second-order valence-corrected chi connectivity index (χ2v) is 7.77. The zero-order valence-electron chi connectivity index (χ0n) is 21.0. The maximum absolute atomic E-state index is 11.6. The molecular formula is C26H40O9. The molecule has 0 saturated heterocycles. The molecule has 0 aromatic heterocycles. The van der Waals surface area contributed by atoms with Gasteiger partial charge in [-0.15, -0.1) is 0 Å². The molecule has 0 amide bonds. The van der Waals surface area contributed by atoms with Gasteiger partial charge in [-0.05, 0) is 50.7 Å². The van der Waals surface area contributed by atoms with Crippen molar-refractivity contribution >= 4 is 23.9 Å². The number of aliphatic hydroxyl groups excluding tert-OH is 1. The lowest BCUT2D eigenvalue weighted by Gasteiger charge is -2.06. The molecule has 35 heavy (non-hydrogen) atoms. The van der Waals surface area contributed by atoms with Crippen molar-refractivity contribution in [2.45, 2.75) is 78.1 Å². The van der Waals surface area contributed by atoms with Gasteiger partial charge >= 0.3 is 23.9 Å². The van der Waals surface area contributed by atoms with Crippen LogP contribution in [-0.4, -0.2) is 60.5 Å². The van der Waals surface area contributed by atoms with E-state index < -0.39 is 11.9 Å². The molecule has 0 aliphatic carbocycles. The fourth-order valence-electron chi connectivity index (χ4n) is 2.65. The summed E-state index contributed by atoms with van der Waals surface area (Å²) in [5.41, 5.74) is 0.0788. The number of rotatable bonds is 17. The quantitative estimate of drug-likeness (QED) is 0.181. The van der Waals surface area contributed by atoms with Crippen molar-refractivity contribution in [2.75, 3.05) is 26.4 Å². The molecular weight excluding hydrogens is 456 g/mol. The number of esters is 3. The summed E-state index contributed by atoms with van der Waals surface area (Å²) in [6.07, 6.45) is 6.93. The molecule has 0 fully saturated rings. The number of carbonyl (C=O) groups excluding carboxylic acids is 3. The van der Waals surface area contributed by atoms with Crippen molar-refractivity contribution in [3.63, 3.8) is 0 Å². The third-order valence-electron chi connectivity index (χ3n) is 4.70. The van der Waals surface area contributed by atoms with Gasteiger partial charge in [0.15, 0.2) is 0 Å². The highest BCUT2D eigenvalue weighted by atomic mass is 16.5. The third-order valence-corrected chi connectivity index (χ3v) is 4.70. The van der Waals surface area contributed by atoms with E-state index in [1.807, 2.05) is 13.8 Å². The number of carbonyl (C=O) groups is 4. The van der Waals surface area contributed by atoms with Crippen molar-refractivity contribution < 1.29 is 43.6 Å². The summed E-state index contributed by atoms with van der Waals surface area (Å²) in [5.74, 6) is -2.13. The Morgan fingerprint density at radius 3 is 1.66 bits per heavy atom. The molecule has 0 saturated carbocycles. The lowest BCUT2D eigenvalue weighted by molar-refractivity contribution is -0.146. The van der Waals surface area contributed by atoms with Crippen LogP contribution >= 0.6 is 0 Å². The maximum Gasteiger partial charge on any atom is 0.339 e. The first-order valence-electron chi connectivity index (χ1n) is 12.3. The minimum absolute atomic E-state index is 0.0241. The molecule has 0 spiro atoms. The Kier molecular flexibility index (Phi) is 19.8. The van der Waals surface area contributed by atoms with Gasteiger partial charge in [-0.25, -0.2) is 9.59 Å². The van der Waals surface area contributed by atoms with Gasteiger partial charge in [0, 0.05) is 19.4 Å². The van der Waals surface area contributed by atoms with E-state index in [0.717, 1.165) is 25.7 Å². The van der Waals surface area contributed by atoms with Gasteiger partial charge in [0.1, 0.15) is 0 Å². The van der Waals surface area contributed by atoms with Crippen molar-refractivity contribution in [3.05, 3.63) is 35.4 Å². The molecule has 1 aromatic rings. The number of carboxylic acid groups (broad SMARTS) is 1. The summed E-state index contributed by atoms with van der Waals surface area (Å²) in [4.78, 5) is 44.9. The Balaban J connectivity index is 0.000000669. The average molecular weight is 497 g/mol. The van der Waals surface area contributed by atoms with Crippen LogP contribution in [-0.2, 0) is 23.8 Å². The Morgan fingerprint density at radius 2 is 1.17 bits per heavy atom. The van der Waals surface area contributed by atoms with Crippen LogP contribution in [0.4, 0.5) is 0 Å². The second-order valence-electron chi connectivity index (χ2n) is 7.77. The van der Waals surface area contributed by atoms with Gasteiger partial charge in [0.05, 0.1) is 30.9 Å². The zero-order valence-corrected chi connectivity index (χ0v) is 21.0. The van der Waals surface area contributed by atoms with Gasteiger partial charge in [-0.2, -0.15) is 0 Å². The molecule has 0 heterocycles. The van der Waals surface area contributed by atoms with E-state index in [0.29, 0.717) is 58.3 Å². The lowest BCUT2D eigenvalue weighted by atomic mass is 10.1. The summed E-state index contributed by atoms with van der Waals surface area (Å²) >= 11 is 0. The number of ether oxygens (including phenoxy) is 3. The van der Waals surface area contributed by atoms with Crippen molar-refractivity contribution in [3.8, 4) is 0 Å². The summed E-state index contributed by atoms with van der Waals surface area (Å²) in [6.45, 7) is 5.32. The third kappa shape index (κ3) is 17.2. The molecule has 0 atom stereocenters. The van der Waals surface area contributed by atoms with Gasteiger partial charge in [-0.1, -0.05) is 38.8 Å². The van der Waals surface area contributed by atoms with Crippen LogP contribution in [0.1, 0.15) is 98.8 Å². The molecule has 0 bridgehead atoms. The highest BCUT2D eigenvalue weighted by Crippen LogP contribution is 2.10. The zero-order chi connectivity index (χ0) is 26.3. The Labute approximate surface area is 207 Å². The SMILES string of the molecule is CCCCOC(=O)CCCCC(=O)OCCCCO.CCCCOC(=O)c1ccccc1C(=O)O. The molecule has 0 aliphatic rings. The van der Waals surface area contributed by atoms with Crippen LogP contribution in [0, 0.1) is 0 Å². The summed E-state index contributed by atoms with van der Waals surface area (Å²) < 4.78 is 14.9. The fraction of sp³-hybridized carbons (Fsp3) is 0.615. The molecule has 0 radical (unpaired) electrons. The Bertz CT molecular complexity index is 746. The number of hydrogen-bond donors (Lipinski definition) is 2. The van der Waals surface area contributed by atoms with Crippen LogP contribution < -0.4 is 0 Å². The first-order valence-corrected chi connectivity index (χ1v) is 12.3. The number of aromatic carboxylic acids is 1. The van der Waals surface area contributed by atoms with E-state index in [-0.39, 0.29) is 29.7 Å². The predicted molar refractivity (Wildman–Crippen MR) is 130 cm³/mol. The number of carboxylic acids is 1. The number of aliphatic hydroxyl groups is 1. The molecule has 1 rings (SSSR count). The monoisotopic (exact) mass is 496 g/mol. The van der Waals surface area contributed by atoms with Crippen molar-refractivity contribution in [1.82, 2.24) is 0 Å². The second kappa shape index (κ2) is 21.6. The van der Waals surface area contributed by atoms with Crippen LogP contribution in [0.5, 0.6) is 0 Å². The van der Waals surface area contributed by atoms with Crippen LogP contribution in [0.3, 0.4) is 0 Å². The summed E-state index contributed by atoms with van der Waals surface area (Å²) in [6, 6.07) is 6.03. The van der Waals surface area contributed by atoms with Crippen molar-refractivity contribution in [1.29, 1.82) is 0 Å². The van der Waals surface area contributed by atoms with E-state index in [4.69, 9.17) is 24.4 Å². The number of benzene rings is 1. The largest absolute Gasteiger partial charge is 0.478 e. The van der Waals surface area contributed by atoms with E-state index in [1.54, 1.807) is 12.1 Å². The van der Waals surface area contributed by atoms with E-state index in [2.05, 4.69) is 0 Å². The Morgan fingerprint density at radius 1 is 0.686 bits per heavy atom. The minimum atomic E-state index is -1.12. The summed E-state index contributed by atoms with van der Waals surface area (Å²) in [7, 11) is 0. The standard InChI is InChI=1S/C14H26O5.C12H14O4/c1-2-3-11-18-13(16)8-4-5-9-14(17)19-12-7-6-10-15;1-2-3-8-16-12(15)10-7-5-4-6-9(10)11(13)14/h15H,2-12H2,1H3;4-7H,2-3,8H2,1H3,(H,13,14). The molecule has 9 nitrogen and oxygen atoms in total. The maximum atomic E-state index is 11.6.